The maximum atomic E-state index is 13.6. The number of fused-ring (bicyclic) bond motifs is 1. The predicted octanol–water partition coefficient (Wildman–Crippen LogP) is 2.52. The third-order valence-electron chi connectivity index (χ3n) is 7.26. The summed E-state index contributed by atoms with van der Waals surface area (Å²) < 4.78 is 5.31. The Balaban J connectivity index is 0.00000650. The molecule has 0 spiro atoms. The number of ether oxygens (including phenoxy) is 1. The van der Waals surface area contributed by atoms with E-state index in [9.17, 15) is 24.0 Å². The number of amides is 3. The van der Waals surface area contributed by atoms with Crippen molar-refractivity contribution in [2.45, 2.75) is 44.2 Å². The monoisotopic (exact) mass is 809 g/mol. The van der Waals surface area contributed by atoms with Crippen molar-refractivity contribution in [1.29, 1.82) is 0 Å². The summed E-state index contributed by atoms with van der Waals surface area (Å²) in [4.78, 5) is 73.9. The van der Waals surface area contributed by atoms with Crippen LogP contribution in [0.5, 0.6) is 0 Å². The van der Waals surface area contributed by atoms with Gasteiger partial charge in [0.25, 0.3) is 17.6 Å². The van der Waals surface area contributed by atoms with Crippen LogP contribution in [0.1, 0.15) is 52.8 Å². The van der Waals surface area contributed by atoms with Gasteiger partial charge in [-0.05, 0) is 73.2 Å². The lowest BCUT2D eigenvalue weighted by Crippen LogP contribution is -2.53. The van der Waals surface area contributed by atoms with Crippen molar-refractivity contribution in [3.63, 3.8) is 0 Å². The van der Waals surface area contributed by atoms with E-state index in [4.69, 9.17) is 27.7 Å². The Bertz CT molecular complexity index is 1750. The zero-order valence-electron chi connectivity index (χ0n) is 27.7. The highest BCUT2D eigenvalue weighted by Gasteiger charge is 2.30. The number of methoxy groups -OCH3 is 1. The number of hydrogen-bond acceptors (Lipinski definition) is 8. The fourth-order valence-electron chi connectivity index (χ4n) is 4.79. The van der Waals surface area contributed by atoms with Gasteiger partial charge in [-0.1, -0.05) is 46.3 Å². The second kappa shape index (κ2) is 22.0. The molecule has 0 saturated heterocycles. The van der Waals surface area contributed by atoms with E-state index in [1.54, 1.807) is 18.2 Å². The number of ketones is 1. The molecule has 51 heavy (non-hydrogen) atoms. The molecule has 0 saturated carbocycles. The number of carbonyl (C=O) groups excluding carboxylic acids is 5. The third kappa shape index (κ3) is 14.1. The zero-order chi connectivity index (χ0) is 35.9. The van der Waals surface area contributed by atoms with E-state index in [1.165, 1.54) is 19.2 Å². The maximum Gasteiger partial charge on any atom is 0.328 e. The normalized spacial score (nSPS) is 11.3. The lowest BCUT2D eigenvalue weighted by atomic mass is 10.0. The smallest absolute Gasteiger partial charge is 0.328 e. The van der Waals surface area contributed by atoms with Crippen LogP contribution in [0, 0.1) is 0 Å². The summed E-state index contributed by atoms with van der Waals surface area (Å²) in [6.45, 7) is 0.481. The van der Waals surface area contributed by atoms with Crippen molar-refractivity contribution in [3.05, 3.63) is 76.3 Å². The summed E-state index contributed by atoms with van der Waals surface area (Å²) >= 11 is 3.31. The number of carbonyl (C=O) groups is 5. The molecule has 0 fully saturated rings. The van der Waals surface area contributed by atoms with Gasteiger partial charge in [0.2, 0.25) is 5.91 Å². The lowest BCUT2D eigenvalue weighted by Gasteiger charge is -2.22. The van der Waals surface area contributed by atoms with Crippen molar-refractivity contribution < 1.29 is 28.7 Å². The van der Waals surface area contributed by atoms with Gasteiger partial charge in [-0.15, -0.1) is 24.8 Å². The zero-order valence-corrected chi connectivity index (χ0v) is 30.9. The molecule has 15 nitrogen and oxygen atoms in total. The molecular weight excluding hydrogens is 769 g/mol. The molecular formula is C33H42BrCl2N9O6. The summed E-state index contributed by atoms with van der Waals surface area (Å²) in [7, 11) is 1.17. The minimum absolute atomic E-state index is 0. The first-order valence-corrected chi connectivity index (χ1v) is 16.1. The number of anilines is 1. The van der Waals surface area contributed by atoms with Gasteiger partial charge in [0, 0.05) is 23.1 Å². The molecule has 0 heterocycles. The van der Waals surface area contributed by atoms with E-state index in [-0.39, 0.29) is 73.9 Å². The number of guanidine groups is 2. The Morgan fingerprint density at radius 3 is 2.04 bits per heavy atom. The fraction of sp³-hybridized carbons (Fsp3) is 0.303. The van der Waals surface area contributed by atoms with Crippen LogP contribution in [0.4, 0.5) is 5.69 Å². The second-order valence-electron chi connectivity index (χ2n) is 10.9. The Kier molecular flexibility index (Phi) is 19.0. The van der Waals surface area contributed by atoms with E-state index in [0.717, 1.165) is 10.8 Å². The highest BCUT2D eigenvalue weighted by Crippen LogP contribution is 2.24. The number of benzene rings is 3. The van der Waals surface area contributed by atoms with Crippen molar-refractivity contribution in [3.8, 4) is 0 Å². The summed E-state index contributed by atoms with van der Waals surface area (Å²) in [5, 5.41) is 9.61. The summed E-state index contributed by atoms with van der Waals surface area (Å²) in [6.07, 6.45) is 1.39. The first-order valence-electron chi connectivity index (χ1n) is 15.3. The quantitative estimate of drug-likeness (QED) is 0.0262. The number of aliphatic imine (C=N–C) groups is 2. The first kappa shape index (κ1) is 44.1. The van der Waals surface area contributed by atoms with Gasteiger partial charge in [-0.25, -0.2) is 4.79 Å². The Labute approximate surface area is 315 Å². The van der Waals surface area contributed by atoms with Crippen molar-refractivity contribution in [2.24, 2.45) is 32.9 Å². The average Bonchev–Trinajstić information content (AvgIpc) is 3.08. The van der Waals surface area contributed by atoms with Gasteiger partial charge in [-0.2, -0.15) is 0 Å². The molecule has 2 unspecified atom stereocenters. The van der Waals surface area contributed by atoms with E-state index < -0.39 is 41.6 Å². The predicted molar refractivity (Wildman–Crippen MR) is 205 cm³/mol. The van der Waals surface area contributed by atoms with Crippen LogP contribution < -0.4 is 38.9 Å². The van der Waals surface area contributed by atoms with Gasteiger partial charge in [0.1, 0.15) is 12.1 Å². The van der Waals surface area contributed by atoms with Crippen LogP contribution in [0.3, 0.4) is 0 Å². The standard InChI is InChI=1S/C33H40BrN9O6.2ClH/c1-49-31(48)26(10-6-16-40-33(37)38)43-29(46)25(9-4-5-15-39-32(35)36)42-30(47)27(44)23-18-22(34)13-14-24(23)41-28(45)21-12-11-19-7-2-3-8-20(19)17-21;;/h2-3,7-8,11-14,17-18,25-26H,4-6,9-10,15-16H2,1H3,(H,41,45)(H,42,47)(H,43,46)(H4,35,36,39)(H4,37,38,40);2*1H. The Hall–Kier alpha value is -4.93. The molecule has 0 aliphatic rings. The van der Waals surface area contributed by atoms with E-state index in [1.807, 2.05) is 30.3 Å². The SMILES string of the molecule is COC(=O)C(CCCN=C(N)N)NC(=O)C(CCCCN=C(N)N)NC(=O)C(=O)c1cc(Br)ccc1NC(=O)c1ccc2ccccc2c1.Cl.Cl. The number of hydrogen-bond donors (Lipinski definition) is 7. The molecule has 3 aromatic rings. The second-order valence-corrected chi connectivity index (χ2v) is 11.8. The minimum atomic E-state index is -1.23. The van der Waals surface area contributed by atoms with Gasteiger partial charge < -0.3 is 43.6 Å². The first-order chi connectivity index (χ1) is 23.4. The van der Waals surface area contributed by atoms with E-state index >= 15 is 0 Å². The molecule has 3 rings (SSSR count). The molecule has 0 bridgehead atoms. The summed E-state index contributed by atoms with van der Waals surface area (Å²) in [5.74, 6) is -4.25. The molecule has 11 N–H and O–H groups in total. The van der Waals surface area contributed by atoms with Gasteiger partial charge in [0.15, 0.2) is 11.9 Å². The molecule has 0 aliphatic heterocycles. The lowest BCUT2D eigenvalue weighted by molar-refractivity contribution is -0.145. The maximum absolute atomic E-state index is 13.6. The number of rotatable bonds is 17. The Morgan fingerprint density at radius 2 is 1.39 bits per heavy atom. The third-order valence-corrected chi connectivity index (χ3v) is 7.75. The molecule has 3 aromatic carbocycles. The summed E-state index contributed by atoms with van der Waals surface area (Å²) in [5.41, 5.74) is 21.8. The number of Topliss-reactive ketones (excluding diaryl/α,β-unsaturated/α-hetero) is 1. The number of halogens is 3. The Morgan fingerprint density at radius 1 is 0.765 bits per heavy atom. The molecule has 2 atom stereocenters. The van der Waals surface area contributed by atoms with Gasteiger partial charge in [-0.3, -0.25) is 29.2 Å². The minimum Gasteiger partial charge on any atom is -0.467 e. The number of unbranched alkanes of at least 4 members (excludes halogenated alkanes) is 1. The highest BCUT2D eigenvalue weighted by atomic mass is 79.9. The molecule has 276 valence electrons. The number of nitrogens with one attached hydrogen (secondary N) is 3. The molecule has 0 aromatic heterocycles. The van der Waals surface area contributed by atoms with E-state index in [0.29, 0.717) is 29.3 Å². The van der Waals surface area contributed by atoms with Crippen LogP contribution in [0.2, 0.25) is 0 Å². The molecule has 3 amide bonds. The van der Waals surface area contributed by atoms with Crippen molar-refractivity contribution >= 4 is 98.6 Å². The average molecular weight is 812 g/mol. The molecule has 0 radical (unpaired) electrons. The van der Waals surface area contributed by atoms with Crippen LogP contribution in [-0.2, 0) is 19.1 Å². The van der Waals surface area contributed by atoms with Crippen LogP contribution in [0.25, 0.3) is 10.8 Å². The topological polar surface area (TPSA) is 259 Å². The molecule has 18 heteroatoms. The van der Waals surface area contributed by atoms with Crippen LogP contribution in [-0.4, -0.2) is 73.7 Å². The van der Waals surface area contributed by atoms with E-state index in [2.05, 4.69) is 41.9 Å². The van der Waals surface area contributed by atoms with Gasteiger partial charge in [0.05, 0.1) is 18.4 Å². The molecule has 0 aliphatic carbocycles. The van der Waals surface area contributed by atoms with Gasteiger partial charge >= 0.3 is 5.97 Å². The number of esters is 1. The number of nitrogens with two attached hydrogens (primary N) is 4. The highest BCUT2D eigenvalue weighted by molar-refractivity contribution is 9.10. The van der Waals surface area contributed by atoms with Crippen molar-refractivity contribution in [1.82, 2.24) is 10.6 Å². The summed E-state index contributed by atoms with van der Waals surface area (Å²) in [6, 6.07) is 14.9. The van der Waals surface area contributed by atoms with Crippen LogP contribution >= 0.6 is 40.7 Å². The van der Waals surface area contributed by atoms with Crippen LogP contribution in [0.15, 0.2) is 75.1 Å². The number of nitrogens with zero attached hydrogens (tertiary/aromatic N) is 2. The van der Waals surface area contributed by atoms with Crippen molar-refractivity contribution in [2.75, 3.05) is 25.5 Å². The fourth-order valence-corrected chi connectivity index (χ4v) is 5.15. The largest absolute Gasteiger partial charge is 0.467 e.